The quantitative estimate of drug-likeness (QED) is 0.826. The molecule has 0 saturated heterocycles. The van der Waals surface area contributed by atoms with Gasteiger partial charge in [0.05, 0.1) is 7.11 Å². The Labute approximate surface area is 102 Å². The lowest BCUT2D eigenvalue weighted by atomic mass is 9.98. The summed E-state index contributed by atoms with van der Waals surface area (Å²) in [4.78, 5) is 11.2. The van der Waals surface area contributed by atoms with E-state index in [2.05, 4.69) is 5.32 Å². The van der Waals surface area contributed by atoms with Crippen LogP contribution >= 0.6 is 0 Å². The maximum atomic E-state index is 11.2. The second-order valence-corrected chi connectivity index (χ2v) is 4.30. The second-order valence-electron chi connectivity index (χ2n) is 4.30. The molecule has 0 saturated carbocycles. The monoisotopic (exact) mass is 237 g/mol. The van der Waals surface area contributed by atoms with Gasteiger partial charge in [0.25, 0.3) is 0 Å². The molecule has 0 aliphatic heterocycles. The summed E-state index contributed by atoms with van der Waals surface area (Å²) in [6, 6.07) is 5.54. The summed E-state index contributed by atoms with van der Waals surface area (Å²) < 4.78 is 5.16. The highest BCUT2D eigenvalue weighted by Gasteiger charge is 2.30. The number of aryl methyl sites for hydroxylation is 1. The Morgan fingerprint density at radius 2 is 2.18 bits per heavy atom. The third-order valence-corrected chi connectivity index (χ3v) is 2.99. The van der Waals surface area contributed by atoms with Crippen LogP contribution < -0.4 is 10.1 Å². The first-order chi connectivity index (χ1) is 7.92. The Morgan fingerprint density at radius 3 is 2.59 bits per heavy atom. The number of rotatable bonds is 5. The summed E-state index contributed by atoms with van der Waals surface area (Å²) >= 11 is 0. The molecule has 0 aromatic heterocycles. The number of benzene rings is 1. The molecule has 0 aliphatic rings. The van der Waals surface area contributed by atoms with Crippen LogP contribution in [0.4, 0.5) is 5.69 Å². The van der Waals surface area contributed by atoms with Gasteiger partial charge in [0.1, 0.15) is 11.3 Å². The molecule has 0 amide bonds. The zero-order valence-corrected chi connectivity index (χ0v) is 10.7. The van der Waals surface area contributed by atoms with Gasteiger partial charge in [-0.15, -0.1) is 0 Å². The van der Waals surface area contributed by atoms with Crippen LogP contribution in [0.5, 0.6) is 5.75 Å². The third-order valence-electron chi connectivity index (χ3n) is 2.99. The SMILES string of the molecule is CCC(C)(Nc1ccc(OC)c(C)c1)C(=O)O. The van der Waals surface area contributed by atoms with Gasteiger partial charge >= 0.3 is 5.97 Å². The first-order valence-electron chi connectivity index (χ1n) is 5.59. The zero-order chi connectivity index (χ0) is 13.1. The highest BCUT2D eigenvalue weighted by Crippen LogP contribution is 2.25. The van der Waals surface area contributed by atoms with E-state index in [4.69, 9.17) is 4.74 Å². The molecule has 1 atom stereocenters. The summed E-state index contributed by atoms with van der Waals surface area (Å²) in [6.45, 7) is 5.44. The second kappa shape index (κ2) is 5.08. The van der Waals surface area contributed by atoms with E-state index in [0.29, 0.717) is 6.42 Å². The largest absolute Gasteiger partial charge is 0.496 e. The fraction of sp³-hybridized carbons (Fsp3) is 0.462. The number of methoxy groups -OCH3 is 1. The first kappa shape index (κ1) is 13.4. The van der Waals surface area contributed by atoms with Crippen molar-refractivity contribution >= 4 is 11.7 Å². The molecule has 1 aromatic carbocycles. The van der Waals surface area contributed by atoms with E-state index in [0.717, 1.165) is 17.0 Å². The van der Waals surface area contributed by atoms with Crippen molar-refractivity contribution in [3.63, 3.8) is 0 Å². The van der Waals surface area contributed by atoms with Crippen LogP contribution in [-0.2, 0) is 4.79 Å². The number of nitrogens with one attached hydrogen (secondary N) is 1. The van der Waals surface area contributed by atoms with Gasteiger partial charge in [-0.25, -0.2) is 4.79 Å². The van der Waals surface area contributed by atoms with Crippen molar-refractivity contribution < 1.29 is 14.6 Å². The summed E-state index contributed by atoms with van der Waals surface area (Å²) in [7, 11) is 1.61. The smallest absolute Gasteiger partial charge is 0.329 e. The number of carboxylic acid groups (broad SMARTS) is 1. The molecule has 2 N–H and O–H groups in total. The minimum atomic E-state index is -0.943. The van der Waals surface area contributed by atoms with Gasteiger partial charge in [-0.3, -0.25) is 0 Å². The average molecular weight is 237 g/mol. The van der Waals surface area contributed by atoms with Crippen LogP contribution in [0.25, 0.3) is 0 Å². The van der Waals surface area contributed by atoms with Crippen molar-refractivity contribution in [3.05, 3.63) is 23.8 Å². The molecule has 94 valence electrons. The van der Waals surface area contributed by atoms with Crippen LogP contribution in [0.1, 0.15) is 25.8 Å². The highest BCUT2D eigenvalue weighted by atomic mass is 16.5. The zero-order valence-electron chi connectivity index (χ0n) is 10.7. The van der Waals surface area contributed by atoms with E-state index >= 15 is 0 Å². The average Bonchev–Trinajstić information content (AvgIpc) is 2.29. The molecule has 0 aliphatic carbocycles. The number of aliphatic carboxylic acids is 1. The van der Waals surface area contributed by atoms with Gasteiger partial charge in [-0.1, -0.05) is 6.92 Å². The molecule has 17 heavy (non-hydrogen) atoms. The maximum Gasteiger partial charge on any atom is 0.329 e. The number of ether oxygens (including phenoxy) is 1. The van der Waals surface area contributed by atoms with Crippen LogP contribution in [0, 0.1) is 6.92 Å². The van der Waals surface area contributed by atoms with E-state index in [9.17, 15) is 9.90 Å². The molecular formula is C13H19NO3. The van der Waals surface area contributed by atoms with Crippen LogP contribution in [0.15, 0.2) is 18.2 Å². The van der Waals surface area contributed by atoms with Crippen LogP contribution in [-0.4, -0.2) is 23.7 Å². The minimum Gasteiger partial charge on any atom is -0.496 e. The molecule has 1 aromatic rings. The third kappa shape index (κ3) is 2.90. The van der Waals surface area contributed by atoms with Crippen molar-refractivity contribution in [1.82, 2.24) is 0 Å². The Kier molecular flexibility index (Phi) is 3.99. The molecular weight excluding hydrogens is 218 g/mol. The molecule has 0 radical (unpaired) electrons. The molecule has 4 nitrogen and oxygen atoms in total. The number of carbonyl (C=O) groups is 1. The fourth-order valence-electron chi connectivity index (χ4n) is 1.57. The molecule has 1 rings (SSSR count). The van der Waals surface area contributed by atoms with Gasteiger partial charge in [-0.05, 0) is 44.0 Å². The number of carboxylic acids is 1. The van der Waals surface area contributed by atoms with Gasteiger partial charge in [0.15, 0.2) is 0 Å². The van der Waals surface area contributed by atoms with E-state index in [-0.39, 0.29) is 0 Å². The topological polar surface area (TPSA) is 58.6 Å². The lowest BCUT2D eigenvalue weighted by Crippen LogP contribution is -2.42. The fourth-order valence-corrected chi connectivity index (χ4v) is 1.57. The van der Waals surface area contributed by atoms with E-state index in [1.165, 1.54) is 0 Å². The Bertz CT molecular complexity index is 417. The number of hydrogen-bond acceptors (Lipinski definition) is 3. The lowest BCUT2D eigenvalue weighted by Gasteiger charge is -2.26. The van der Waals surface area contributed by atoms with E-state index in [1.807, 2.05) is 32.0 Å². The highest BCUT2D eigenvalue weighted by molar-refractivity contribution is 5.82. The molecule has 1 unspecified atom stereocenters. The Morgan fingerprint density at radius 1 is 1.53 bits per heavy atom. The predicted octanol–water partition coefficient (Wildman–Crippen LogP) is 2.67. The minimum absolute atomic E-state index is 0.507. The predicted molar refractivity (Wildman–Crippen MR) is 67.7 cm³/mol. The summed E-state index contributed by atoms with van der Waals surface area (Å²) in [5, 5.41) is 12.2. The lowest BCUT2D eigenvalue weighted by molar-refractivity contribution is -0.141. The van der Waals surface area contributed by atoms with Crippen molar-refractivity contribution in [3.8, 4) is 5.75 Å². The molecule has 0 bridgehead atoms. The molecule has 0 fully saturated rings. The van der Waals surface area contributed by atoms with Crippen molar-refractivity contribution in [2.24, 2.45) is 0 Å². The maximum absolute atomic E-state index is 11.2. The van der Waals surface area contributed by atoms with Crippen molar-refractivity contribution in [2.75, 3.05) is 12.4 Å². The summed E-state index contributed by atoms with van der Waals surface area (Å²) in [5.74, 6) is -0.0578. The van der Waals surface area contributed by atoms with Crippen LogP contribution in [0.2, 0.25) is 0 Å². The van der Waals surface area contributed by atoms with E-state index in [1.54, 1.807) is 14.0 Å². The number of hydrogen-bond donors (Lipinski definition) is 2. The van der Waals surface area contributed by atoms with Crippen molar-refractivity contribution in [2.45, 2.75) is 32.7 Å². The molecule has 4 heteroatoms. The van der Waals surface area contributed by atoms with Crippen molar-refractivity contribution in [1.29, 1.82) is 0 Å². The standard InChI is InChI=1S/C13H19NO3/c1-5-13(3,12(15)16)14-10-6-7-11(17-4)9(2)8-10/h6-8,14H,5H2,1-4H3,(H,15,16). The summed E-state index contributed by atoms with van der Waals surface area (Å²) in [6.07, 6.45) is 0.507. The van der Waals surface area contributed by atoms with E-state index < -0.39 is 11.5 Å². The number of anilines is 1. The van der Waals surface area contributed by atoms with Crippen LogP contribution in [0.3, 0.4) is 0 Å². The Balaban J connectivity index is 2.95. The summed E-state index contributed by atoms with van der Waals surface area (Å²) in [5.41, 5.74) is 0.817. The molecule has 0 spiro atoms. The van der Waals surface area contributed by atoms with Gasteiger partial charge < -0.3 is 15.2 Å². The normalized spacial score (nSPS) is 13.9. The first-order valence-corrected chi connectivity index (χ1v) is 5.59. The Hall–Kier alpha value is -1.71. The van der Waals surface area contributed by atoms with Gasteiger partial charge in [0.2, 0.25) is 0 Å². The van der Waals surface area contributed by atoms with Gasteiger partial charge in [-0.2, -0.15) is 0 Å². The van der Waals surface area contributed by atoms with Gasteiger partial charge in [0, 0.05) is 5.69 Å². The molecule has 0 heterocycles.